The van der Waals surface area contributed by atoms with Gasteiger partial charge in [0.25, 0.3) is 0 Å². The largest absolute Gasteiger partial charge is 0.362 e. The van der Waals surface area contributed by atoms with Crippen molar-refractivity contribution in [1.82, 2.24) is 0 Å². The van der Waals surface area contributed by atoms with Crippen molar-refractivity contribution in [3.8, 4) is 0 Å². The third-order valence-corrected chi connectivity index (χ3v) is 6.95. The Balaban J connectivity index is 2.15. The third-order valence-electron chi connectivity index (χ3n) is 4.63. The maximum atomic E-state index is 13.3. The fourth-order valence-electron chi connectivity index (χ4n) is 3.19. The maximum absolute atomic E-state index is 13.3. The van der Waals surface area contributed by atoms with E-state index in [0.29, 0.717) is 6.61 Å². The molecule has 1 aromatic rings. The van der Waals surface area contributed by atoms with Gasteiger partial charge in [-0.3, -0.25) is 9.09 Å². The number of fused-ring (bicyclic) bond motifs is 1. The Morgan fingerprint density at radius 1 is 1.25 bits per heavy atom. The van der Waals surface area contributed by atoms with Crippen molar-refractivity contribution in [3.63, 3.8) is 0 Å². The fraction of sp³-hybridized carbons (Fsp3) is 0.600. The van der Waals surface area contributed by atoms with Crippen molar-refractivity contribution < 1.29 is 13.6 Å². The van der Waals surface area contributed by atoms with E-state index in [1.807, 2.05) is 20.8 Å². The minimum Gasteiger partial charge on any atom is -0.305 e. The molecule has 0 aliphatic carbocycles. The minimum atomic E-state index is -3.24. The van der Waals surface area contributed by atoms with Gasteiger partial charge in [0.05, 0.1) is 18.0 Å². The van der Waals surface area contributed by atoms with Crippen molar-refractivity contribution in [2.24, 2.45) is 0 Å². The Hall–Kier alpha value is -0.890. The van der Waals surface area contributed by atoms with Crippen LogP contribution in [0.3, 0.4) is 0 Å². The van der Waals surface area contributed by atoms with E-state index >= 15 is 0 Å². The predicted molar refractivity (Wildman–Crippen MR) is 101 cm³/mol. The van der Waals surface area contributed by atoms with Crippen molar-refractivity contribution in [2.75, 3.05) is 6.61 Å². The molecule has 134 valence electrons. The van der Waals surface area contributed by atoms with Gasteiger partial charge in [-0.25, -0.2) is 0 Å². The normalized spacial score (nSPS) is 23.6. The lowest BCUT2D eigenvalue weighted by Crippen LogP contribution is -2.30. The molecule has 3 nitrogen and oxygen atoms in total. The average Bonchev–Trinajstić information content (AvgIpc) is 2.54. The second-order valence-corrected chi connectivity index (χ2v) is 8.47. The zero-order valence-electron chi connectivity index (χ0n) is 15.5. The summed E-state index contributed by atoms with van der Waals surface area (Å²) in [5, 5.41) is 0.789. The number of hydrogen-bond donors (Lipinski definition) is 0. The topological polar surface area (TPSA) is 35.5 Å². The lowest BCUT2D eigenvalue weighted by atomic mass is 10.0. The summed E-state index contributed by atoms with van der Waals surface area (Å²) < 4.78 is 24.9. The summed E-state index contributed by atoms with van der Waals surface area (Å²) in [6.07, 6.45) is 10.9. The molecule has 0 saturated carbocycles. The van der Waals surface area contributed by atoms with Gasteiger partial charge in [0.2, 0.25) is 0 Å². The van der Waals surface area contributed by atoms with E-state index in [0.717, 1.165) is 34.8 Å². The Morgan fingerprint density at radius 2 is 2.04 bits per heavy atom. The Labute approximate surface area is 147 Å². The second-order valence-electron chi connectivity index (χ2n) is 6.56. The first kappa shape index (κ1) is 19.4. The van der Waals surface area contributed by atoms with Crippen LogP contribution in [0.15, 0.2) is 24.3 Å². The summed E-state index contributed by atoms with van der Waals surface area (Å²) in [6.45, 7) is 8.51. The predicted octanol–water partition coefficient (Wildman–Crippen LogP) is 5.63. The Kier molecular flexibility index (Phi) is 7.28. The maximum Gasteiger partial charge on any atom is 0.362 e. The zero-order chi connectivity index (χ0) is 17.6. The first-order chi connectivity index (χ1) is 11.5. The van der Waals surface area contributed by atoms with Gasteiger partial charge >= 0.3 is 7.60 Å². The van der Waals surface area contributed by atoms with Gasteiger partial charge in [0.15, 0.2) is 0 Å². The summed E-state index contributed by atoms with van der Waals surface area (Å²) in [7, 11) is -3.24. The van der Waals surface area contributed by atoms with Crippen molar-refractivity contribution in [1.29, 1.82) is 0 Å². The zero-order valence-corrected chi connectivity index (χ0v) is 16.4. The molecule has 1 aliphatic heterocycles. The molecular formula is C20H31O3P. The van der Waals surface area contributed by atoms with Crippen molar-refractivity contribution in [2.45, 2.75) is 72.3 Å². The van der Waals surface area contributed by atoms with Gasteiger partial charge < -0.3 is 4.52 Å². The monoisotopic (exact) mass is 350 g/mol. The summed E-state index contributed by atoms with van der Waals surface area (Å²) in [6, 6.07) is 4.18. The van der Waals surface area contributed by atoms with Crippen LogP contribution in [-0.2, 0) is 20.0 Å². The molecule has 2 rings (SSSR count). The smallest absolute Gasteiger partial charge is 0.305 e. The molecule has 1 aromatic carbocycles. The molecule has 0 amide bonds. The van der Waals surface area contributed by atoms with Crippen LogP contribution in [-0.4, -0.2) is 12.7 Å². The van der Waals surface area contributed by atoms with E-state index < -0.39 is 7.60 Å². The van der Waals surface area contributed by atoms with E-state index in [2.05, 4.69) is 31.2 Å². The summed E-state index contributed by atoms with van der Waals surface area (Å²) in [5.74, 6) is 0. The highest BCUT2D eigenvalue weighted by atomic mass is 31.2. The van der Waals surface area contributed by atoms with Gasteiger partial charge in [-0.15, -0.1) is 0 Å². The van der Waals surface area contributed by atoms with Gasteiger partial charge in [-0.05, 0) is 50.3 Å². The van der Waals surface area contributed by atoms with E-state index in [-0.39, 0.29) is 6.10 Å². The molecule has 0 fully saturated rings. The number of hydrogen-bond acceptors (Lipinski definition) is 3. The van der Waals surface area contributed by atoms with E-state index in [1.165, 1.54) is 25.7 Å². The lowest BCUT2D eigenvalue weighted by molar-refractivity contribution is 0.180. The van der Waals surface area contributed by atoms with Gasteiger partial charge in [0.1, 0.15) is 0 Å². The van der Waals surface area contributed by atoms with Crippen LogP contribution in [0.1, 0.15) is 62.6 Å². The van der Waals surface area contributed by atoms with Gasteiger partial charge in [-0.2, -0.15) is 0 Å². The number of allylic oxidation sites excluding steroid dienone is 1. The Bertz CT molecular complexity index is 622. The summed E-state index contributed by atoms with van der Waals surface area (Å²) in [4.78, 5) is 0. The fourth-order valence-corrected chi connectivity index (χ4v) is 5.43. The van der Waals surface area contributed by atoms with Crippen LogP contribution in [0, 0.1) is 13.8 Å². The van der Waals surface area contributed by atoms with E-state index in [9.17, 15) is 4.57 Å². The quantitative estimate of drug-likeness (QED) is 0.346. The molecule has 2 atom stereocenters. The molecule has 0 radical (unpaired) electrons. The van der Waals surface area contributed by atoms with Crippen LogP contribution in [0.4, 0.5) is 0 Å². The highest BCUT2D eigenvalue weighted by Crippen LogP contribution is 2.53. The number of benzene rings is 1. The molecule has 0 N–H and O–H groups in total. The van der Waals surface area contributed by atoms with Gasteiger partial charge in [0, 0.05) is 6.42 Å². The summed E-state index contributed by atoms with van der Waals surface area (Å²) >= 11 is 0. The molecule has 1 aliphatic rings. The SMILES string of the molecule is CCCCCC/C=C/C1Cc2ccc(C)c(C)c2P(=O)(OCC)O1. The highest BCUT2D eigenvalue weighted by Gasteiger charge is 2.39. The number of unbranched alkanes of at least 4 members (excludes halogenated alkanes) is 4. The molecule has 4 heteroatoms. The first-order valence-electron chi connectivity index (χ1n) is 9.21. The van der Waals surface area contributed by atoms with E-state index in [4.69, 9.17) is 9.05 Å². The highest BCUT2D eigenvalue weighted by molar-refractivity contribution is 7.62. The third kappa shape index (κ3) is 4.59. The lowest BCUT2D eigenvalue weighted by Gasteiger charge is -2.31. The Morgan fingerprint density at radius 3 is 2.75 bits per heavy atom. The van der Waals surface area contributed by atoms with Crippen molar-refractivity contribution in [3.05, 3.63) is 41.0 Å². The van der Waals surface area contributed by atoms with Crippen LogP contribution >= 0.6 is 7.60 Å². The molecular weight excluding hydrogens is 319 g/mol. The average molecular weight is 350 g/mol. The first-order valence-corrected chi connectivity index (χ1v) is 10.7. The molecule has 0 spiro atoms. The molecule has 1 heterocycles. The number of rotatable bonds is 8. The van der Waals surface area contributed by atoms with Crippen LogP contribution in [0.2, 0.25) is 0 Å². The van der Waals surface area contributed by atoms with Gasteiger partial charge in [-0.1, -0.05) is 50.5 Å². The van der Waals surface area contributed by atoms with Crippen LogP contribution in [0.5, 0.6) is 0 Å². The molecule has 24 heavy (non-hydrogen) atoms. The van der Waals surface area contributed by atoms with Crippen LogP contribution < -0.4 is 5.30 Å². The van der Waals surface area contributed by atoms with Crippen LogP contribution in [0.25, 0.3) is 0 Å². The molecule has 0 aromatic heterocycles. The molecule has 2 unspecified atom stereocenters. The molecule has 0 saturated heterocycles. The summed E-state index contributed by atoms with van der Waals surface area (Å²) in [5.41, 5.74) is 3.26. The van der Waals surface area contributed by atoms with Crippen molar-refractivity contribution >= 4 is 12.9 Å². The molecule has 0 bridgehead atoms. The second kappa shape index (κ2) is 8.99. The minimum absolute atomic E-state index is 0.164. The van der Waals surface area contributed by atoms with E-state index in [1.54, 1.807) is 0 Å². The standard InChI is InChI=1S/C20H31O3P/c1-5-7-8-9-10-11-12-19-15-18-14-13-16(3)17(4)20(18)24(21,23-19)22-6-2/h11-14,19H,5-10,15H2,1-4H3/b12-11+. The number of aryl methyl sites for hydroxylation is 1.